The molecule has 1 aromatic heterocycles. The number of hydrogen-bond acceptors (Lipinski definition) is 4. The van der Waals surface area contributed by atoms with Crippen molar-refractivity contribution < 1.29 is 4.79 Å². The van der Waals surface area contributed by atoms with Gasteiger partial charge in [-0.05, 0) is 56.9 Å². The van der Waals surface area contributed by atoms with E-state index < -0.39 is 0 Å². The van der Waals surface area contributed by atoms with Crippen LogP contribution in [0.4, 0.5) is 11.6 Å². The van der Waals surface area contributed by atoms with Crippen LogP contribution in [0.2, 0.25) is 0 Å². The van der Waals surface area contributed by atoms with E-state index in [0.29, 0.717) is 17.7 Å². The van der Waals surface area contributed by atoms with Crippen LogP contribution in [0.25, 0.3) is 0 Å². The van der Waals surface area contributed by atoms with E-state index in [4.69, 9.17) is 0 Å². The Morgan fingerprint density at radius 2 is 1.95 bits per heavy atom. The van der Waals surface area contributed by atoms with Gasteiger partial charge in [-0.2, -0.15) is 0 Å². The predicted molar refractivity (Wildman–Crippen MR) is 87.3 cm³/mol. The molecule has 1 saturated carbocycles. The summed E-state index contributed by atoms with van der Waals surface area (Å²) in [6, 6.07) is 8.02. The number of aryl methyl sites for hydroxylation is 2. The summed E-state index contributed by atoms with van der Waals surface area (Å²) in [5.41, 5.74) is 4.20. The van der Waals surface area contributed by atoms with Crippen molar-refractivity contribution in [2.24, 2.45) is 0 Å². The van der Waals surface area contributed by atoms with Crippen molar-refractivity contribution >= 4 is 17.5 Å². The van der Waals surface area contributed by atoms with Crippen LogP contribution in [-0.2, 0) is 0 Å². The Labute approximate surface area is 130 Å². The first-order valence-electron chi connectivity index (χ1n) is 7.53. The number of anilines is 2. The van der Waals surface area contributed by atoms with Crippen LogP contribution in [0, 0.1) is 20.8 Å². The highest BCUT2D eigenvalue weighted by Crippen LogP contribution is 2.23. The van der Waals surface area contributed by atoms with Crippen molar-refractivity contribution in [3.63, 3.8) is 0 Å². The first kappa shape index (κ1) is 14.5. The third-order valence-corrected chi connectivity index (χ3v) is 3.85. The maximum absolute atomic E-state index is 12.5. The molecule has 2 N–H and O–H groups in total. The standard InChI is InChI=1S/C17H20N4O/c1-10-5-4-6-14(12(10)3)20-16(22)15-9-11(2)18-17(21-15)19-13-7-8-13/h4-6,9,13H,7-8H2,1-3H3,(H,20,22)(H,18,19,21). The van der Waals surface area contributed by atoms with E-state index in [0.717, 1.165) is 35.3 Å². The molecule has 0 aliphatic heterocycles. The van der Waals surface area contributed by atoms with Crippen LogP contribution in [0.1, 0.15) is 40.2 Å². The lowest BCUT2D eigenvalue weighted by atomic mass is 10.1. The van der Waals surface area contributed by atoms with E-state index >= 15 is 0 Å². The number of hydrogen-bond donors (Lipinski definition) is 2. The van der Waals surface area contributed by atoms with Gasteiger partial charge >= 0.3 is 0 Å². The predicted octanol–water partition coefficient (Wildman–Crippen LogP) is 3.23. The van der Waals surface area contributed by atoms with Gasteiger partial charge < -0.3 is 10.6 Å². The summed E-state index contributed by atoms with van der Waals surface area (Å²) < 4.78 is 0. The maximum Gasteiger partial charge on any atom is 0.274 e. The minimum atomic E-state index is -0.210. The van der Waals surface area contributed by atoms with Crippen LogP contribution in [-0.4, -0.2) is 21.9 Å². The highest BCUT2D eigenvalue weighted by atomic mass is 16.1. The maximum atomic E-state index is 12.5. The molecule has 0 radical (unpaired) electrons. The minimum absolute atomic E-state index is 0.210. The molecule has 1 fully saturated rings. The fourth-order valence-electron chi connectivity index (χ4n) is 2.23. The Morgan fingerprint density at radius 3 is 2.68 bits per heavy atom. The van der Waals surface area contributed by atoms with Crippen molar-refractivity contribution in [2.75, 3.05) is 10.6 Å². The Kier molecular flexibility index (Phi) is 3.79. The van der Waals surface area contributed by atoms with Gasteiger partial charge in [-0.3, -0.25) is 4.79 Å². The lowest BCUT2D eigenvalue weighted by molar-refractivity contribution is 0.102. The van der Waals surface area contributed by atoms with E-state index in [9.17, 15) is 4.79 Å². The van der Waals surface area contributed by atoms with E-state index in [2.05, 4.69) is 20.6 Å². The lowest BCUT2D eigenvalue weighted by Crippen LogP contribution is -2.17. The summed E-state index contributed by atoms with van der Waals surface area (Å²) >= 11 is 0. The number of rotatable bonds is 4. The molecule has 0 spiro atoms. The van der Waals surface area contributed by atoms with Crippen LogP contribution in [0.15, 0.2) is 24.3 Å². The van der Waals surface area contributed by atoms with Gasteiger partial charge in [-0.25, -0.2) is 9.97 Å². The fourth-order valence-corrected chi connectivity index (χ4v) is 2.23. The van der Waals surface area contributed by atoms with Crippen LogP contribution in [0.5, 0.6) is 0 Å². The average Bonchev–Trinajstić information content (AvgIpc) is 3.27. The number of nitrogens with zero attached hydrogens (tertiary/aromatic N) is 2. The number of carbonyl (C=O) groups excluding carboxylic acids is 1. The fraction of sp³-hybridized carbons (Fsp3) is 0.353. The molecule has 22 heavy (non-hydrogen) atoms. The Hall–Kier alpha value is -2.43. The highest BCUT2D eigenvalue weighted by molar-refractivity contribution is 6.03. The number of aromatic nitrogens is 2. The van der Waals surface area contributed by atoms with Gasteiger partial charge in [0.2, 0.25) is 5.95 Å². The van der Waals surface area contributed by atoms with E-state index in [1.54, 1.807) is 6.07 Å². The van der Waals surface area contributed by atoms with Gasteiger partial charge in [0.15, 0.2) is 0 Å². The number of carbonyl (C=O) groups is 1. The summed E-state index contributed by atoms with van der Waals surface area (Å²) in [5, 5.41) is 6.17. The lowest BCUT2D eigenvalue weighted by Gasteiger charge is -2.11. The number of nitrogens with one attached hydrogen (secondary N) is 2. The minimum Gasteiger partial charge on any atom is -0.351 e. The Bertz CT molecular complexity index is 723. The summed E-state index contributed by atoms with van der Waals surface area (Å²) in [5.74, 6) is 0.326. The second-order valence-corrected chi connectivity index (χ2v) is 5.84. The molecule has 0 saturated heterocycles. The molecule has 1 heterocycles. The first-order valence-corrected chi connectivity index (χ1v) is 7.53. The Balaban J connectivity index is 1.82. The third-order valence-electron chi connectivity index (χ3n) is 3.85. The molecule has 3 rings (SSSR count). The topological polar surface area (TPSA) is 66.9 Å². The summed E-state index contributed by atoms with van der Waals surface area (Å²) in [6.45, 7) is 5.89. The number of amides is 1. The largest absolute Gasteiger partial charge is 0.351 e. The van der Waals surface area contributed by atoms with Crippen molar-refractivity contribution in [3.05, 3.63) is 46.8 Å². The molecule has 114 valence electrons. The normalized spacial score (nSPS) is 13.8. The molecular formula is C17H20N4O. The van der Waals surface area contributed by atoms with Gasteiger partial charge in [0.1, 0.15) is 5.69 Å². The van der Waals surface area contributed by atoms with E-state index in [1.807, 2.05) is 39.0 Å². The van der Waals surface area contributed by atoms with Gasteiger partial charge in [0.05, 0.1) is 0 Å². The average molecular weight is 296 g/mol. The SMILES string of the molecule is Cc1cc(C(=O)Nc2cccc(C)c2C)nc(NC2CC2)n1. The zero-order chi connectivity index (χ0) is 15.7. The zero-order valence-corrected chi connectivity index (χ0v) is 13.1. The molecule has 1 amide bonds. The zero-order valence-electron chi connectivity index (χ0n) is 13.1. The molecule has 1 aliphatic carbocycles. The molecular weight excluding hydrogens is 276 g/mol. The van der Waals surface area contributed by atoms with Crippen LogP contribution >= 0.6 is 0 Å². The summed E-state index contributed by atoms with van der Waals surface area (Å²) in [7, 11) is 0. The molecule has 1 aromatic carbocycles. The third kappa shape index (κ3) is 3.24. The molecule has 5 heteroatoms. The molecule has 0 bridgehead atoms. The van der Waals surface area contributed by atoms with Crippen molar-refractivity contribution in [2.45, 2.75) is 39.7 Å². The monoisotopic (exact) mass is 296 g/mol. The molecule has 0 unspecified atom stereocenters. The molecule has 5 nitrogen and oxygen atoms in total. The molecule has 2 aromatic rings. The van der Waals surface area contributed by atoms with E-state index in [1.165, 1.54) is 0 Å². The smallest absolute Gasteiger partial charge is 0.274 e. The van der Waals surface area contributed by atoms with Crippen LogP contribution < -0.4 is 10.6 Å². The van der Waals surface area contributed by atoms with Crippen molar-refractivity contribution in [1.82, 2.24) is 9.97 Å². The van der Waals surface area contributed by atoms with Crippen LogP contribution in [0.3, 0.4) is 0 Å². The van der Waals surface area contributed by atoms with Gasteiger partial charge in [0, 0.05) is 17.4 Å². The molecule has 0 atom stereocenters. The number of benzene rings is 1. The van der Waals surface area contributed by atoms with Crippen molar-refractivity contribution in [3.8, 4) is 0 Å². The van der Waals surface area contributed by atoms with Crippen molar-refractivity contribution in [1.29, 1.82) is 0 Å². The first-order chi connectivity index (χ1) is 10.5. The summed E-state index contributed by atoms with van der Waals surface area (Å²) in [4.78, 5) is 21.1. The van der Waals surface area contributed by atoms with Gasteiger partial charge in [-0.15, -0.1) is 0 Å². The molecule has 1 aliphatic rings. The quantitative estimate of drug-likeness (QED) is 0.909. The van der Waals surface area contributed by atoms with E-state index in [-0.39, 0.29) is 5.91 Å². The Morgan fingerprint density at radius 1 is 1.18 bits per heavy atom. The van der Waals surface area contributed by atoms with Gasteiger partial charge in [0.25, 0.3) is 5.91 Å². The second-order valence-electron chi connectivity index (χ2n) is 5.84. The summed E-state index contributed by atoms with van der Waals surface area (Å²) in [6.07, 6.45) is 2.28. The second kappa shape index (κ2) is 5.75. The highest BCUT2D eigenvalue weighted by Gasteiger charge is 2.22. The van der Waals surface area contributed by atoms with Gasteiger partial charge in [-0.1, -0.05) is 12.1 Å².